The number of carbonyl (C=O) groups is 6. The highest BCUT2D eigenvalue weighted by Crippen LogP contribution is 2.18. The molecule has 6 amide bonds. The van der Waals surface area contributed by atoms with Gasteiger partial charge in [0.1, 0.15) is 40.0 Å². The second-order valence-electron chi connectivity index (χ2n) is 11.2. The summed E-state index contributed by atoms with van der Waals surface area (Å²) in [5.74, 6) is -2.51. The number of carbonyl (C=O) groups excluding carboxylic acids is 6. The summed E-state index contributed by atoms with van der Waals surface area (Å²) >= 11 is 0. The van der Waals surface area contributed by atoms with Crippen molar-refractivity contribution in [3.63, 3.8) is 0 Å². The Labute approximate surface area is 274 Å². The summed E-state index contributed by atoms with van der Waals surface area (Å²) in [4.78, 5) is 84.3. The Kier molecular flexibility index (Phi) is 15.7. The van der Waals surface area contributed by atoms with E-state index in [-0.39, 0.29) is 103 Å². The summed E-state index contributed by atoms with van der Waals surface area (Å²) < 4.78 is 31.1. The van der Waals surface area contributed by atoms with E-state index in [2.05, 4.69) is 0 Å². The number of nitrogens with zero attached hydrogens (tertiary/aromatic N) is 6. The van der Waals surface area contributed by atoms with E-state index in [0.717, 1.165) is 0 Å². The largest absolute Gasteiger partial charge is 0.464 e. The maximum Gasteiger partial charge on any atom is 0.322 e. The molecule has 3 saturated heterocycles. The summed E-state index contributed by atoms with van der Waals surface area (Å²) in [5.41, 5.74) is 0. The third kappa shape index (κ3) is 11.7. The van der Waals surface area contributed by atoms with E-state index in [1.54, 1.807) is 24.5 Å². The minimum absolute atomic E-state index is 0.000460. The Bertz CT molecular complexity index is 1020. The smallest absolute Gasteiger partial charge is 0.322 e. The summed E-state index contributed by atoms with van der Waals surface area (Å²) in [6.07, 6.45) is -0.0808. The highest BCUT2D eigenvalue weighted by molar-refractivity contribution is 5.78. The Morgan fingerprint density at radius 3 is 1.19 bits per heavy atom. The second-order valence-corrected chi connectivity index (χ2v) is 11.2. The van der Waals surface area contributed by atoms with Crippen LogP contribution in [0.15, 0.2) is 0 Å². The van der Waals surface area contributed by atoms with Crippen LogP contribution in [0.1, 0.15) is 25.7 Å². The van der Waals surface area contributed by atoms with Crippen LogP contribution in [0, 0.1) is 5.92 Å². The zero-order valence-corrected chi connectivity index (χ0v) is 27.6. The Morgan fingerprint density at radius 1 is 0.532 bits per heavy atom. The topological polar surface area (TPSA) is 177 Å². The fourth-order valence-corrected chi connectivity index (χ4v) is 5.37. The van der Waals surface area contributed by atoms with Gasteiger partial charge in [-0.15, -0.1) is 0 Å². The van der Waals surface area contributed by atoms with Gasteiger partial charge in [-0.1, -0.05) is 0 Å². The van der Waals surface area contributed by atoms with E-state index in [1.165, 1.54) is 26.2 Å². The van der Waals surface area contributed by atoms with Crippen LogP contribution >= 0.6 is 0 Å². The van der Waals surface area contributed by atoms with Gasteiger partial charge in [0.25, 0.3) is 0 Å². The molecule has 0 unspecified atom stereocenters. The quantitative estimate of drug-likeness (QED) is 0.110. The summed E-state index contributed by atoms with van der Waals surface area (Å²) in [5, 5.41) is 0. The van der Waals surface area contributed by atoms with Crippen LogP contribution in [0.4, 0.5) is 14.4 Å². The molecule has 266 valence electrons. The monoisotopic (exact) mass is 672 g/mol. The van der Waals surface area contributed by atoms with Gasteiger partial charge in [-0.25, -0.2) is 14.4 Å². The first-order valence-electron chi connectivity index (χ1n) is 15.7. The molecule has 3 fully saturated rings. The van der Waals surface area contributed by atoms with Crippen LogP contribution in [0.3, 0.4) is 0 Å². The van der Waals surface area contributed by atoms with Crippen molar-refractivity contribution in [2.45, 2.75) is 25.7 Å². The minimum Gasteiger partial charge on any atom is -0.464 e. The predicted molar refractivity (Wildman–Crippen MR) is 161 cm³/mol. The molecule has 0 radical (unpaired) electrons. The molecule has 3 rings (SSSR count). The van der Waals surface area contributed by atoms with E-state index in [0.29, 0.717) is 39.3 Å². The molecule has 0 atom stereocenters. The zero-order chi connectivity index (χ0) is 34.2. The van der Waals surface area contributed by atoms with E-state index >= 15 is 0 Å². The van der Waals surface area contributed by atoms with Gasteiger partial charge in [0.2, 0.25) is 0 Å². The van der Waals surface area contributed by atoms with Crippen molar-refractivity contribution in [1.82, 2.24) is 29.4 Å². The Hall–Kier alpha value is -3.90. The summed E-state index contributed by atoms with van der Waals surface area (Å²) in [7, 11) is 4.51. The van der Waals surface area contributed by atoms with Gasteiger partial charge in [0.15, 0.2) is 0 Å². The standard InChI is InChI=1S/C29H48N6O12/c1-42-20-33-11-8-30(27(33)39)14-17-45-24(36)6-4-23(26(38)47-19-16-32-10-13-35(22-44-3)29(32)41)5-7-25(37)46-18-15-31-9-12-34(21-43-2)28(31)40/h23H,4-22H2,1-3H3. The van der Waals surface area contributed by atoms with Crippen molar-refractivity contribution in [3.05, 3.63) is 0 Å². The van der Waals surface area contributed by atoms with E-state index in [9.17, 15) is 28.8 Å². The third-order valence-electron chi connectivity index (χ3n) is 7.98. The molecule has 0 aliphatic carbocycles. The molecule has 0 aromatic carbocycles. The van der Waals surface area contributed by atoms with Gasteiger partial charge >= 0.3 is 36.0 Å². The maximum atomic E-state index is 13.0. The average Bonchev–Trinajstić information content (AvgIpc) is 3.70. The Morgan fingerprint density at radius 2 is 0.851 bits per heavy atom. The molecule has 3 aliphatic heterocycles. The summed E-state index contributed by atoms with van der Waals surface area (Å²) in [6.45, 7) is 4.16. The van der Waals surface area contributed by atoms with Crippen molar-refractivity contribution in [2.24, 2.45) is 5.92 Å². The molecule has 18 nitrogen and oxygen atoms in total. The second kappa shape index (κ2) is 19.7. The molecule has 3 aliphatic rings. The third-order valence-corrected chi connectivity index (χ3v) is 7.98. The van der Waals surface area contributed by atoms with Gasteiger partial charge in [-0.2, -0.15) is 0 Å². The molecular formula is C29H48N6O12. The van der Waals surface area contributed by atoms with E-state index in [4.69, 9.17) is 28.4 Å². The highest BCUT2D eigenvalue weighted by Gasteiger charge is 2.31. The highest BCUT2D eigenvalue weighted by atomic mass is 16.5. The van der Waals surface area contributed by atoms with Crippen LogP contribution in [0.25, 0.3) is 0 Å². The van der Waals surface area contributed by atoms with Crippen LogP contribution in [-0.2, 0) is 42.8 Å². The van der Waals surface area contributed by atoms with Gasteiger partial charge in [0.05, 0.1) is 25.6 Å². The molecule has 0 saturated carbocycles. The fourth-order valence-electron chi connectivity index (χ4n) is 5.37. The number of methoxy groups -OCH3 is 3. The molecule has 18 heteroatoms. The number of amides is 6. The van der Waals surface area contributed by atoms with Crippen molar-refractivity contribution in [1.29, 1.82) is 0 Å². The van der Waals surface area contributed by atoms with Crippen LogP contribution in [-0.4, -0.2) is 186 Å². The zero-order valence-electron chi connectivity index (χ0n) is 27.6. The number of urea groups is 3. The minimum atomic E-state index is -0.806. The fraction of sp³-hybridized carbons (Fsp3) is 0.793. The lowest BCUT2D eigenvalue weighted by Gasteiger charge is -2.20. The van der Waals surface area contributed by atoms with Crippen molar-refractivity contribution in [3.8, 4) is 0 Å². The molecule has 0 N–H and O–H groups in total. The maximum absolute atomic E-state index is 13.0. The summed E-state index contributed by atoms with van der Waals surface area (Å²) in [6, 6.07) is -0.603. The SMILES string of the molecule is COCN1CCN(CCOC(=O)CCC(CCC(=O)OCCN2CCN(COC)C2=O)C(=O)OCCN2CCN(COC)C2=O)C1=O. The Balaban J connectivity index is 1.43. The van der Waals surface area contributed by atoms with E-state index in [1.807, 2.05) is 0 Å². The molecule has 0 bridgehead atoms. The first-order valence-corrected chi connectivity index (χ1v) is 15.7. The van der Waals surface area contributed by atoms with Gasteiger partial charge in [0, 0.05) is 73.4 Å². The molecule has 0 aromatic rings. The number of rotatable bonds is 22. The number of esters is 3. The van der Waals surface area contributed by atoms with E-state index < -0.39 is 23.8 Å². The molecule has 47 heavy (non-hydrogen) atoms. The normalized spacial score (nSPS) is 16.7. The molecule has 0 aromatic heterocycles. The molecule has 0 spiro atoms. The lowest BCUT2D eigenvalue weighted by Crippen LogP contribution is -2.35. The van der Waals surface area contributed by atoms with Crippen molar-refractivity contribution >= 4 is 36.0 Å². The molecule has 3 heterocycles. The first-order chi connectivity index (χ1) is 22.7. The van der Waals surface area contributed by atoms with Gasteiger partial charge < -0.3 is 43.1 Å². The predicted octanol–water partition coefficient (Wildman–Crippen LogP) is -0.183. The first kappa shape index (κ1) is 37.6. The van der Waals surface area contributed by atoms with Crippen molar-refractivity contribution < 1.29 is 57.2 Å². The van der Waals surface area contributed by atoms with Crippen LogP contribution < -0.4 is 0 Å². The van der Waals surface area contributed by atoms with Crippen molar-refractivity contribution in [2.75, 3.05) is 120 Å². The number of hydrogen-bond donors (Lipinski definition) is 0. The number of ether oxygens (including phenoxy) is 6. The van der Waals surface area contributed by atoms with Gasteiger partial charge in [-0.05, 0) is 12.8 Å². The average molecular weight is 673 g/mol. The lowest BCUT2D eigenvalue weighted by atomic mass is 9.97. The molecular weight excluding hydrogens is 624 g/mol. The van der Waals surface area contributed by atoms with Crippen LogP contribution in [0.5, 0.6) is 0 Å². The lowest BCUT2D eigenvalue weighted by molar-refractivity contribution is -0.151. The number of hydrogen-bond acceptors (Lipinski definition) is 12. The van der Waals surface area contributed by atoms with Gasteiger partial charge in [-0.3, -0.25) is 29.1 Å². The van der Waals surface area contributed by atoms with Crippen LogP contribution in [0.2, 0.25) is 0 Å².